The summed E-state index contributed by atoms with van der Waals surface area (Å²) >= 11 is 12.3. The first-order valence-corrected chi connectivity index (χ1v) is 8.16. The fourth-order valence-corrected chi connectivity index (χ4v) is 3.32. The molecule has 0 spiro atoms. The minimum atomic E-state index is -0.000297. The van der Waals surface area contributed by atoms with Crippen LogP contribution in [-0.2, 0) is 17.8 Å². The number of nitrogens with zero attached hydrogens (tertiary/aromatic N) is 1. The molecule has 1 heterocycles. The van der Waals surface area contributed by atoms with Gasteiger partial charge in [0.05, 0.1) is 10.0 Å². The lowest BCUT2D eigenvalue weighted by Crippen LogP contribution is -2.27. The quantitative estimate of drug-likeness (QED) is 0.801. The molecule has 2 nitrogen and oxygen atoms in total. The molecule has 0 N–H and O–H groups in total. The Kier molecular flexibility index (Phi) is 4.70. The second-order valence-corrected chi connectivity index (χ2v) is 6.43. The third-order valence-electron chi connectivity index (χ3n) is 4.12. The lowest BCUT2D eigenvalue weighted by molar-refractivity contribution is -0.131. The molecular weight excluding hydrogens is 317 g/mol. The predicted molar refractivity (Wildman–Crippen MR) is 90.1 cm³/mol. The normalized spacial score (nSPS) is 18.0. The van der Waals surface area contributed by atoms with Gasteiger partial charge in [-0.15, -0.1) is 0 Å². The van der Waals surface area contributed by atoms with Gasteiger partial charge in [-0.3, -0.25) is 4.79 Å². The van der Waals surface area contributed by atoms with Crippen molar-refractivity contribution >= 4 is 29.1 Å². The van der Waals surface area contributed by atoms with E-state index in [1.165, 1.54) is 0 Å². The number of carbonyl (C=O) groups excluding carboxylic acids is 1. The van der Waals surface area contributed by atoms with E-state index in [1.807, 2.05) is 35.2 Å². The zero-order valence-electron chi connectivity index (χ0n) is 12.1. The summed E-state index contributed by atoms with van der Waals surface area (Å²) in [6.45, 7) is 1.48. The highest BCUT2D eigenvalue weighted by atomic mass is 35.5. The topological polar surface area (TPSA) is 20.3 Å². The number of amides is 1. The van der Waals surface area contributed by atoms with Crippen LogP contribution >= 0.6 is 23.2 Å². The van der Waals surface area contributed by atoms with Gasteiger partial charge in [-0.2, -0.15) is 0 Å². The Bertz CT molecular complexity index is 672. The molecule has 114 valence electrons. The number of carbonyl (C=O) groups is 1. The van der Waals surface area contributed by atoms with Gasteiger partial charge >= 0.3 is 0 Å². The summed E-state index contributed by atoms with van der Waals surface area (Å²) in [4.78, 5) is 14.5. The van der Waals surface area contributed by atoms with Crippen LogP contribution in [0.15, 0.2) is 48.5 Å². The van der Waals surface area contributed by atoms with Crippen LogP contribution in [0.5, 0.6) is 0 Å². The number of likely N-dealkylation sites (tertiary alicyclic amines) is 1. The second kappa shape index (κ2) is 6.72. The largest absolute Gasteiger partial charge is 0.338 e. The standard InChI is InChI=1S/C18H17Cl2NO/c19-16-8-4-7-14(17(16)20)11-15-9-10-21(18(15)22)12-13-5-2-1-3-6-13/h1-8,15H,9-12H2. The van der Waals surface area contributed by atoms with Crippen molar-refractivity contribution in [1.82, 2.24) is 4.90 Å². The molecular formula is C18H17Cl2NO. The molecule has 1 aliphatic heterocycles. The molecule has 2 aromatic rings. The first kappa shape index (κ1) is 15.4. The van der Waals surface area contributed by atoms with Gasteiger partial charge in [0.1, 0.15) is 0 Å². The maximum Gasteiger partial charge on any atom is 0.226 e. The maximum absolute atomic E-state index is 12.6. The van der Waals surface area contributed by atoms with Crippen molar-refractivity contribution in [3.05, 3.63) is 69.7 Å². The maximum atomic E-state index is 12.6. The third kappa shape index (κ3) is 3.29. The number of hydrogen-bond acceptors (Lipinski definition) is 1. The fourth-order valence-electron chi connectivity index (χ4n) is 2.93. The van der Waals surface area contributed by atoms with E-state index in [9.17, 15) is 4.79 Å². The van der Waals surface area contributed by atoms with Crippen LogP contribution in [-0.4, -0.2) is 17.4 Å². The fraction of sp³-hybridized carbons (Fsp3) is 0.278. The Balaban J connectivity index is 1.67. The lowest BCUT2D eigenvalue weighted by Gasteiger charge is -2.17. The average Bonchev–Trinajstić information content (AvgIpc) is 2.86. The summed E-state index contributed by atoms with van der Waals surface area (Å²) in [5, 5.41) is 1.12. The molecule has 2 aromatic carbocycles. The minimum Gasteiger partial charge on any atom is -0.338 e. The zero-order chi connectivity index (χ0) is 15.5. The second-order valence-electron chi connectivity index (χ2n) is 5.65. The summed E-state index contributed by atoms with van der Waals surface area (Å²) in [7, 11) is 0. The van der Waals surface area contributed by atoms with E-state index in [1.54, 1.807) is 6.07 Å². The molecule has 0 saturated carbocycles. The van der Waals surface area contributed by atoms with Crippen LogP contribution in [0.25, 0.3) is 0 Å². The van der Waals surface area contributed by atoms with Gasteiger partial charge in [-0.1, -0.05) is 65.7 Å². The Morgan fingerprint density at radius 2 is 1.82 bits per heavy atom. The molecule has 1 fully saturated rings. The monoisotopic (exact) mass is 333 g/mol. The summed E-state index contributed by atoms with van der Waals surface area (Å²) in [5.41, 5.74) is 2.12. The SMILES string of the molecule is O=C1C(Cc2cccc(Cl)c2Cl)CCN1Cc1ccccc1. The highest BCUT2D eigenvalue weighted by Crippen LogP contribution is 2.30. The molecule has 0 bridgehead atoms. The van der Waals surface area contributed by atoms with Crippen molar-refractivity contribution in [2.75, 3.05) is 6.54 Å². The Morgan fingerprint density at radius 1 is 1.05 bits per heavy atom. The Labute approximate surface area is 140 Å². The summed E-state index contributed by atoms with van der Waals surface area (Å²) in [6, 6.07) is 15.7. The van der Waals surface area contributed by atoms with E-state index >= 15 is 0 Å². The van der Waals surface area contributed by atoms with E-state index in [-0.39, 0.29) is 11.8 Å². The van der Waals surface area contributed by atoms with Crippen LogP contribution in [0.3, 0.4) is 0 Å². The van der Waals surface area contributed by atoms with Crippen LogP contribution in [0.4, 0.5) is 0 Å². The van der Waals surface area contributed by atoms with Crippen molar-refractivity contribution < 1.29 is 4.79 Å². The number of hydrogen-bond donors (Lipinski definition) is 0. The van der Waals surface area contributed by atoms with Crippen molar-refractivity contribution in [3.8, 4) is 0 Å². The van der Waals surface area contributed by atoms with Crippen LogP contribution in [0.2, 0.25) is 10.0 Å². The summed E-state index contributed by atoms with van der Waals surface area (Å²) in [6.07, 6.45) is 1.53. The Morgan fingerprint density at radius 3 is 2.59 bits per heavy atom. The molecule has 1 atom stereocenters. The molecule has 1 amide bonds. The molecule has 0 aromatic heterocycles. The van der Waals surface area contributed by atoms with Gasteiger partial charge in [0.25, 0.3) is 0 Å². The average molecular weight is 334 g/mol. The molecule has 22 heavy (non-hydrogen) atoms. The third-order valence-corrected chi connectivity index (χ3v) is 4.98. The van der Waals surface area contributed by atoms with Gasteiger partial charge in [0, 0.05) is 19.0 Å². The number of halogens is 2. The van der Waals surface area contributed by atoms with Gasteiger partial charge in [-0.25, -0.2) is 0 Å². The van der Waals surface area contributed by atoms with Gasteiger partial charge < -0.3 is 4.90 Å². The number of benzene rings is 2. The van der Waals surface area contributed by atoms with Crippen LogP contribution in [0.1, 0.15) is 17.5 Å². The summed E-state index contributed by atoms with van der Waals surface area (Å²) in [5.74, 6) is 0.208. The van der Waals surface area contributed by atoms with Crippen molar-refractivity contribution in [3.63, 3.8) is 0 Å². The number of rotatable bonds is 4. The smallest absolute Gasteiger partial charge is 0.226 e. The van der Waals surface area contributed by atoms with Gasteiger partial charge in [0.15, 0.2) is 0 Å². The van der Waals surface area contributed by atoms with Crippen molar-refractivity contribution in [1.29, 1.82) is 0 Å². The van der Waals surface area contributed by atoms with Crippen LogP contribution < -0.4 is 0 Å². The first-order valence-electron chi connectivity index (χ1n) is 7.41. The van der Waals surface area contributed by atoms with Crippen LogP contribution in [0, 0.1) is 5.92 Å². The molecule has 1 unspecified atom stereocenters. The van der Waals surface area contributed by atoms with Crippen molar-refractivity contribution in [2.45, 2.75) is 19.4 Å². The predicted octanol–water partition coefficient (Wildman–Crippen LogP) is 4.58. The highest BCUT2D eigenvalue weighted by Gasteiger charge is 2.31. The molecule has 4 heteroatoms. The minimum absolute atomic E-state index is 0.000297. The zero-order valence-corrected chi connectivity index (χ0v) is 13.6. The van der Waals surface area contributed by atoms with E-state index in [4.69, 9.17) is 23.2 Å². The van der Waals surface area contributed by atoms with E-state index in [2.05, 4.69) is 12.1 Å². The summed E-state index contributed by atoms with van der Waals surface area (Å²) < 4.78 is 0. The first-order chi connectivity index (χ1) is 10.6. The van der Waals surface area contributed by atoms with Gasteiger partial charge in [0.2, 0.25) is 5.91 Å². The highest BCUT2D eigenvalue weighted by molar-refractivity contribution is 6.42. The molecule has 0 radical (unpaired) electrons. The van der Waals surface area contributed by atoms with E-state index in [0.29, 0.717) is 23.0 Å². The van der Waals surface area contributed by atoms with E-state index < -0.39 is 0 Å². The molecule has 1 aliphatic rings. The molecule has 0 aliphatic carbocycles. The van der Waals surface area contributed by atoms with Gasteiger partial charge in [-0.05, 0) is 30.0 Å². The van der Waals surface area contributed by atoms with Crippen molar-refractivity contribution in [2.24, 2.45) is 5.92 Å². The van der Waals surface area contributed by atoms with E-state index in [0.717, 1.165) is 24.1 Å². The molecule has 1 saturated heterocycles. The Hall–Kier alpha value is -1.51. The molecule has 3 rings (SSSR count). The lowest BCUT2D eigenvalue weighted by atomic mass is 9.98.